The zero-order valence-corrected chi connectivity index (χ0v) is 19.2. The second-order valence-corrected chi connectivity index (χ2v) is 10.1. The molecule has 33 heavy (non-hydrogen) atoms. The maximum Gasteiger partial charge on any atom is 0.303 e. The molecule has 1 fully saturated rings. The second-order valence-electron chi connectivity index (χ2n) is 8.18. The second kappa shape index (κ2) is 9.16. The van der Waals surface area contributed by atoms with Crippen molar-refractivity contribution in [2.45, 2.75) is 19.4 Å². The number of hydrogen-bond donors (Lipinski definition) is 2. The molecule has 2 N–H and O–H groups in total. The number of nitrogens with zero attached hydrogens (tertiary/aromatic N) is 3. The fourth-order valence-corrected chi connectivity index (χ4v) is 3.83. The number of carbonyl (C=O) groups excluding carboxylic acids is 2. The van der Waals surface area contributed by atoms with Gasteiger partial charge < -0.3 is 5.32 Å². The molecule has 10 heteroatoms. The van der Waals surface area contributed by atoms with Gasteiger partial charge in [0.05, 0.1) is 23.0 Å². The summed E-state index contributed by atoms with van der Waals surface area (Å²) < 4.78 is 28.8. The van der Waals surface area contributed by atoms with Crippen molar-refractivity contribution >= 4 is 44.7 Å². The van der Waals surface area contributed by atoms with Crippen molar-refractivity contribution in [2.75, 3.05) is 19.4 Å². The van der Waals surface area contributed by atoms with Gasteiger partial charge in [0.2, 0.25) is 5.91 Å². The summed E-state index contributed by atoms with van der Waals surface area (Å²) >= 11 is 0. The van der Waals surface area contributed by atoms with E-state index in [9.17, 15) is 18.0 Å². The molecule has 9 nitrogen and oxygen atoms in total. The summed E-state index contributed by atoms with van der Waals surface area (Å²) in [5.41, 5.74) is 2.15. The van der Waals surface area contributed by atoms with Gasteiger partial charge in [0.25, 0.3) is 5.91 Å². The van der Waals surface area contributed by atoms with Crippen molar-refractivity contribution in [1.29, 1.82) is 0 Å². The van der Waals surface area contributed by atoms with Crippen LogP contribution in [0.25, 0.3) is 17.0 Å². The number of nitrogens with one attached hydrogen (secondary N) is 2. The molecule has 2 amide bonds. The molecule has 2 aromatic carbocycles. The minimum atomic E-state index is -3.96. The molecule has 0 saturated heterocycles. The van der Waals surface area contributed by atoms with Gasteiger partial charge in [0, 0.05) is 32.1 Å². The van der Waals surface area contributed by atoms with E-state index in [2.05, 4.69) is 10.4 Å². The third-order valence-corrected chi connectivity index (χ3v) is 6.76. The lowest BCUT2D eigenvalue weighted by Crippen LogP contribution is -2.39. The minimum Gasteiger partial charge on any atom is -0.322 e. The van der Waals surface area contributed by atoms with Gasteiger partial charge in [0.15, 0.2) is 0 Å². The van der Waals surface area contributed by atoms with Crippen LogP contribution in [0, 0.1) is 5.92 Å². The predicted molar refractivity (Wildman–Crippen MR) is 127 cm³/mol. The van der Waals surface area contributed by atoms with E-state index in [4.69, 9.17) is 0 Å². The van der Waals surface area contributed by atoms with Crippen LogP contribution in [-0.4, -0.2) is 48.4 Å². The molecular formula is C23H25N5O4S. The number of fused-ring (bicyclic) bond motifs is 1. The van der Waals surface area contributed by atoms with Gasteiger partial charge >= 0.3 is 10.2 Å². The van der Waals surface area contributed by atoms with E-state index in [-0.39, 0.29) is 11.3 Å². The quantitative estimate of drug-likeness (QED) is 0.495. The predicted octanol–water partition coefficient (Wildman–Crippen LogP) is 2.63. The molecule has 0 unspecified atom stereocenters. The number of carbonyl (C=O) groups is 2. The lowest BCUT2D eigenvalue weighted by Gasteiger charge is -2.14. The molecule has 1 aliphatic rings. The van der Waals surface area contributed by atoms with Crippen molar-refractivity contribution in [1.82, 2.24) is 18.8 Å². The van der Waals surface area contributed by atoms with Gasteiger partial charge in [-0.15, -0.1) is 0 Å². The number of anilines is 1. The molecule has 0 radical (unpaired) electrons. The number of aromatic nitrogens is 2. The molecule has 4 rings (SSSR count). The number of benzene rings is 2. The molecule has 1 saturated carbocycles. The summed E-state index contributed by atoms with van der Waals surface area (Å²) in [5, 5.41) is 8.10. The van der Waals surface area contributed by atoms with Crippen LogP contribution in [0.15, 0.2) is 54.7 Å². The van der Waals surface area contributed by atoms with E-state index >= 15 is 0 Å². The van der Waals surface area contributed by atoms with Gasteiger partial charge in [-0.05, 0) is 54.7 Å². The first-order valence-corrected chi connectivity index (χ1v) is 12.0. The van der Waals surface area contributed by atoms with Crippen LogP contribution in [0.3, 0.4) is 0 Å². The van der Waals surface area contributed by atoms with Gasteiger partial charge in [-0.1, -0.05) is 18.2 Å². The monoisotopic (exact) mass is 467 g/mol. The maximum atomic E-state index is 12.5. The van der Waals surface area contributed by atoms with Crippen molar-refractivity contribution in [3.05, 3.63) is 65.9 Å². The number of rotatable bonds is 8. The largest absolute Gasteiger partial charge is 0.322 e. The molecular weight excluding hydrogens is 442 g/mol. The average molecular weight is 468 g/mol. The van der Waals surface area contributed by atoms with Crippen LogP contribution < -0.4 is 10.0 Å². The Hall–Kier alpha value is -3.50. The fraction of sp³-hybridized carbons (Fsp3) is 0.261. The van der Waals surface area contributed by atoms with Crippen LogP contribution in [0.1, 0.15) is 28.8 Å². The van der Waals surface area contributed by atoms with Crippen molar-refractivity contribution in [2.24, 2.45) is 5.92 Å². The Morgan fingerprint density at radius 3 is 2.67 bits per heavy atom. The first-order chi connectivity index (χ1) is 15.7. The topological polar surface area (TPSA) is 113 Å². The highest BCUT2D eigenvalue weighted by molar-refractivity contribution is 7.87. The van der Waals surface area contributed by atoms with Crippen molar-refractivity contribution in [3.63, 3.8) is 0 Å². The highest BCUT2D eigenvalue weighted by atomic mass is 32.2. The molecule has 0 bridgehead atoms. The van der Waals surface area contributed by atoms with E-state index in [0.29, 0.717) is 0 Å². The molecule has 0 atom stereocenters. The smallest absolute Gasteiger partial charge is 0.303 e. The van der Waals surface area contributed by atoms with Gasteiger partial charge in [-0.3, -0.25) is 14.3 Å². The van der Waals surface area contributed by atoms with Crippen molar-refractivity contribution in [3.8, 4) is 0 Å². The van der Waals surface area contributed by atoms with Crippen molar-refractivity contribution < 1.29 is 18.0 Å². The zero-order chi connectivity index (χ0) is 23.6. The molecule has 3 aromatic rings. The van der Waals surface area contributed by atoms with Crippen LogP contribution in [0.4, 0.5) is 5.69 Å². The highest BCUT2D eigenvalue weighted by Crippen LogP contribution is 2.31. The molecule has 1 heterocycles. The third-order valence-electron chi connectivity index (χ3n) is 5.35. The Bertz CT molecular complexity index is 1340. The zero-order valence-electron chi connectivity index (χ0n) is 18.4. The average Bonchev–Trinajstić information content (AvgIpc) is 3.51. The molecule has 1 aromatic heterocycles. The number of amides is 2. The van der Waals surface area contributed by atoms with Crippen LogP contribution in [-0.2, 0) is 21.5 Å². The number of hydrogen-bond acceptors (Lipinski definition) is 5. The molecule has 172 valence electrons. The number of para-hydroxylation sites is 1. The Kier molecular flexibility index (Phi) is 6.30. The Labute approximate surface area is 192 Å². The Balaban J connectivity index is 1.45. The van der Waals surface area contributed by atoms with E-state index < -0.39 is 22.0 Å². The lowest BCUT2D eigenvalue weighted by molar-refractivity contribution is -0.111. The normalized spacial score (nSPS) is 14.2. The Morgan fingerprint density at radius 1 is 1.18 bits per heavy atom. The van der Waals surface area contributed by atoms with Gasteiger partial charge in [-0.2, -0.15) is 17.8 Å². The molecule has 1 aliphatic carbocycles. The standard InChI is InChI=1S/C23H25N5O4S/c1-27(2)33(31,32)26-23(30)19-5-3-4-6-20(19)25-22(29)12-10-16-9-11-21-18(13-16)14-24-28(21)15-17-7-8-17/h3-6,9-14,17H,7-8,15H2,1-2H3,(H,25,29)(H,26,30)/b12-10+. The van der Waals surface area contributed by atoms with Crippen LogP contribution in [0.2, 0.25) is 0 Å². The first-order valence-electron chi connectivity index (χ1n) is 10.5. The summed E-state index contributed by atoms with van der Waals surface area (Å²) in [4.78, 5) is 24.9. The van der Waals surface area contributed by atoms with Crippen LogP contribution in [0.5, 0.6) is 0 Å². The SMILES string of the molecule is CN(C)S(=O)(=O)NC(=O)c1ccccc1NC(=O)/C=C/c1ccc2c(cnn2CC2CC2)c1. The Morgan fingerprint density at radius 2 is 1.94 bits per heavy atom. The summed E-state index contributed by atoms with van der Waals surface area (Å²) in [5.74, 6) is -0.559. The first kappa shape index (κ1) is 22.7. The summed E-state index contributed by atoms with van der Waals surface area (Å²) in [6.45, 7) is 0.934. The van der Waals surface area contributed by atoms with Gasteiger partial charge in [-0.25, -0.2) is 4.72 Å². The summed E-state index contributed by atoms with van der Waals surface area (Å²) in [6.07, 6.45) is 7.38. The summed E-state index contributed by atoms with van der Waals surface area (Å²) in [7, 11) is -1.34. The van der Waals surface area contributed by atoms with Crippen LogP contribution >= 0.6 is 0 Å². The summed E-state index contributed by atoms with van der Waals surface area (Å²) in [6, 6.07) is 12.1. The minimum absolute atomic E-state index is 0.0363. The fourth-order valence-electron chi connectivity index (χ4n) is 3.30. The van der Waals surface area contributed by atoms with E-state index in [0.717, 1.165) is 33.2 Å². The van der Waals surface area contributed by atoms with E-state index in [1.165, 1.54) is 45.1 Å². The molecule has 0 spiro atoms. The lowest BCUT2D eigenvalue weighted by atomic mass is 10.1. The maximum absolute atomic E-state index is 12.5. The van der Waals surface area contributed by atoms with Gasteiger partial charge in [0.1, 0.15) is 0 Å². The van der Waals surface area contributed by atoms with E-state index in [1.807, 2.05) is 33.8 Å². The van der Waals surface area contributed by atoms with E-state index in [1.54, 1.807) is 18.2 Å². The molecule has 0 aliphatic heterocycles. The highest BCUT2D eigenvalue weighted by Gasteiger charge is 2.23. The third kappa shape index (κ3) is 5.47.